The minimum atomic E-state index is 0.638. The molecular weight excluding hydrogens is 296 g/mol. The molecule has 0 aliphatic carbocycles. The summed E-state index contributed by atoms with van der Waals surface area (Å²) in [6, 6.07) is 15.8. The molecule has 0 fully saturated rings. The summed E-state index contributed by atoms with van der Waals surface area (Å²) in [7, 11) is 0. The number of imidazole rings is 1. The van der Waals surface area contributed by atoms with Crippen molar-refractivity contribution < 1.29 is 4.74 Å². The van der Waals surface area contributed by atoms with Crippen molar-refractivity contribution in [2.45, 2.75) is 26.3 Å². The molecule has 0 unspecified atom stereocenters. The van der Waals surface area contributed by atoms with Crippen LogP contribution in [0.25, 0.3) is 11.0 Å². The van der Waals surface area contributed by atoms with E-state index in [2.05, 4.69) is 34.7 Å². The Kier molecular flexibility index (Phi) is 4.64. The zero-order valence-electron chi connectivity index (χ0n) is 12.6. The molecule has 2 aromatic carbocycles. The Morgan fingerprint density at radius 2 is 1.86 bits per heavy atom. The lowest BCUT2D eigenvalue weighted by Crippen LogP contribution is -2.07. The van der Waals surface area contributed by atoms with E-state index >= 15 is 0 Å². The van der Waals surface area contributed by atoms with Crippen molar-refractivity contribution in [2.24, 2.45) is 0 Å². The molecule has 0 bridgehead atoms. The van der Waals surface area contributed by atoms with Crippen LogP contribution in [0.4, 0.5) is 0 Å². The topological polar surface area (TPSA) is 27.1 Å². The minimum absolute atomic E-state index is 0.638. The van der Waals surface area contributed by atoms with Crippen LogP contribution in [0.15, 0.2) is 48.5 Å². The highest BCUT2D eigenvalue weighted by atomic mass is 35.5. The van der Waals surface area contributed by atoms with E-state index in [1.807, 2.05) is 30.3 Å². The quantitative estimate of drug-likeness (QED) is 0.615. The van der Waals surface area contributed by atoms with Gasteiger partial charge in [-0.25, -0.2) is 4.98 Å². The maximum absolute atomic E-state index is 6.09. The first-order chi connectivity index (χ1) is 10.8. The molecule has 0 saturated heterocycles. The fourth-order valence-corrected chi connectivity index (χ4v) is 2.80. The third-order valence-electron chi connectivity index (χ3n) is 3.67. The summed E-state index contributed by atoms with van der Waals surface area (Å²) in [5, 5.41) is 0.657. The van der Waals surface area contributed by atoms with Gasteiger partial charge >= 0.3 is 0 Å². The molecule has 3 nitrogen and oxygen atoms in total. The maximum Gasteiger partial charge on any atom is 0.137 e. The fourth-order valence-electron chi connectivity index (χ4n) is 2.61. The summed E-state index contributed by atoms with van der Waals surface area (Å²) in [5.74, 6) is 1.87. The van der Waals surface area contributed by atoms with Gasteiger partial charge < -0.3 is 9.30 Å². The van der Waals surface area contributed by atoms with E-state index in [9.17, 15) is 0 Å². The molecule has 0 atom stereocenters. The molecule has 3 aromatic rings. The molecule has 0 aliphatic rings. The van der Waals surface area contributed by atoms with Crippen LogP contribution in [0.5, 0.6) is 5.75 Å². The van der Waals surface area contributed by atoms with E-state index < -0.39 is 0 Å². The van der Waals surface area contributed by atoms with Crippen molar-refractivity contribution in [1.29, 1.82) is 0 Å². The summed E-state index contributed by atoms with van der Waals surface area (Å²) < 4.78 is 8.04. The van der Waals surface area contributed by atoms with Crippen LogP contribution >= 0.6 is 11.6 Å². The van der Waals surface area contributed by atoms with Gasteiger partial charge in [0.25, 0.3) is 0 Å². The molecule has 0 spiro atoms. The number of hydrogen-bond donors (Lipinski definition) is 0. The normalized spacial score (nSPS) is 11.0. The Morgan fingerprint density at radius 1 is 1.09 bits per heavy atom. The van der Waals surface area contributed by atoms with Crippen LogP contribution in [0, 0.1) is 0 Å². The van der Waals surface area contributed by atoms with Crippen molar-refractivity contribution in [2.75, 3.05) is 6.61 Å². The molecule has 0 radical (unpaired) electrons. The number of fused-ring (bicyclic) bond motifs is 1. The Bertz CT molecular complexity index is 767. The monoisotopic (exact) mass is 314 g/mol. The van der Waals surface area contributed by atoms with Gasteiger partial charge in [-0.3, -0.25) is 0 Å². The van der Waals surface area contributed by atoms with Crippen LogP contribution in [-0.4, -0.2) is 16.2 Å². The van der Waals surface area contributed by atoms with Crippen LogP contribution in [0.3, 0.4) is 0 Å². The largest absolute Gasteiger partial charge is 0.492 e. The van der Waals surface area contributed by atoms with Crippen LogP contribution in [-0.2, 0) is 13.0 Å². The molecule has 4 heteroatoms. The van der Waals surface area contributed by atoms with Crippen LogP contribution in [0.1, 0.15) is 19.2 Å². The molecule has 0 amide bonds. The number of ether oxygens (including phenoxy) is 1. The second kappa shape index (κ2) is 6.84. The molecular formula is C18H19ClN2O. The van der Waals surface area contributed by atoms with E-state index in [4.69, 9.17) is 16.3 Å². The lowest BCUT2D eigenvalue weighted by atomic mass is 10.3. The molecule has 1 aromatic heterocycles. The Hall–Kier alpha value is -2.00. The smallest absolute Gasteiger partial charge is 0.137 e. The molecule has 0 N–H and O–H groups in total. The molecule has 114 valence electrons. The number of halogens is 1. The summed E-state index contributed by atoms with van der Waals surface area (Å²) in [6.07, 6.45) is 1.85. The molecule has 22 heavy (non-hydrogen) atoms. The molecule has 0 aliphatic heterocycles. The van der Waals surface area contributed by atoms with Crippen molar-refractivity contribution in [1.82, 2.24) is 9.55 Å². The van der Waals surface area contributed by atoms with Crippen molar-refractivity contribution in [3.63, 3.8) is 0 Å². The third-order valence-corrected chi connectivity index (χ3v) is 3.98. The number of aromatic nitrogens is 2. The highest BCUT2D eigenvalue weighted by Crippen LogP contribution is 2.23. The number of nitrogens with zero attached hydrogens (tertiary/aromatic N) is 2. The first kappa shape index (κ1) is 14.9. The Labute approximate surface area is 135 Å². The van der Waals surface area contributed by atoms with Crippen molar-refractivity contribution in [3.8, 4) is 5.75 Å². The zero-order valence-corrected chi connectivity index (χ0v) is 13.4. The minimum Gasteiger partial charge on any atom is -0.492 e. The first-order valence-corrected chi connectivity index (χ1v) is 7.99. The van der Waals surface area contributed by atoms with Crippen molar-refractivity contribution >= 4 is 22.6 Å². The van der Waals surface area contributed by atoms with Gasteiger partial charge in [-0.2, -0.15) is 0 Å². The molecule has 3 rings (SSSR count). The number of aryl methyl sites for hydroxylation is 2. The third kappa shape index (κ3) is 3.09. The Morgan fingerprint density at radius 3 is 2.68 bits per heavy atom. The number of benzene rings is 2. The summed E-state index contributed by atoms with van der Waals surface area (Å²) in [4.78, 5) is 4.68. The molecule has 1 heterocycles. The Balaban J connectivity index is 1.65. The van der Waals surface area contributed by atoms with Gasteiger partial charge in [-0.05, 0) is 30.7 Å². The van der Waals surface area contributed by atoms with E-state index in [-0.39, 0.29) is 0 Å². The van der Waals surface area contributed by atoms with E-state index in [0.717, 1.165) is 36.5 Å². The van der Waals surface area contributed by atoms with Gasteiger partial charge in [-0.1, -0.05) is 42.8 Å². The van der Waals surface area contributed by atoms with Gasteiger partial charge in [0, 0.05) is 13.0 Å². The summed E-state index contributed by atoms with van der Waals surface area (Å²) >= 11 is 6.09. The fraction of sp³-hybridized carbons (Fsp3) is 0.278. The van der Waals surface area contributed by atoms with E-state index in [0.29, 0.717) is 11.6 Å². The van der Waals surface area contributed by atoms with E-state index in [1.165, 1.54) is 5.52 Å². The standard InChI is InChI=1S/C18H19ClN2O/c1-2-18-20-15-9-4-5-10-16(15)21(18)12-7-13-22-17-11-6-3-8-14(17)19/h3-6,8-11H,2,7,12-13H2,1H3. The second-order valence-corrected chi connectivity index (χ2v) is 5.56. The number of rotatable bonds is 6. The van der Waals surface area contributed by atoms with Crippen LogP contribution in [0.2, 0.25) is 5.02 Å². The van der Waals surface area contributed by atoms with Crippen molar-refractivity contribution in [3.05, 3.63) is 59.4 Å². The van der Waals surface area contributed by atoms with Gasteiger partial charge in [-0.15, -0.1) is 0 Å². The first-order valence-electron chi connectivity index (χ1n) is 7.61. The highest BCUT2D eigenvalue weighted by molar-refractivity contribution is 6.32. The second-order valence-electron chi connectivity index (χ2n) is 5.15. The zero-order chi connectivity index (χ0) is 15.4. The maximum atomic E-state index is 6.09. The predicted molar refractivity (Wildman–Crippen MR) is 90.7 cm³/mol. The number of para-hydroxylation sites is 3. The van der Waals surface area contributed by atoms with Gasteiger partial charge in [0.2, 0.25) is 0 Å². The molecule has 0 saturated carbocycles. The predicted octanol–water partition coefficient (Wildman–Crippen LogP) is 4.72. The van der Waals surface area contributed by atoms with Gasteiger partial charge in [0.1, 0.15) is 11.6 Å². The lowest BCUT2D eigenvalue weighted by molar-refractivity contribution is 0.302. The summed E-state index contributed by atoms with van der Waals surface area (Å²) in [6.45, 7) is 3.67. The van der Waals surface area contributed by atoms with Crippen LogP contribution < -0.4 is 4.74 Å². The average molecular weight is 315 g/mol. The highest BCUT2D eigenvalue weighted by Gasteiger charge is 2.08. The average Bonchev–Trinajstić information content (AvgIpc) is 2.91. The SMILES string of the molecule is CCc1nc2ccccc2n1CCCOc1ccccc1Cl. The lowest BCUT2D eigenvalue weighted by Gasteiger charge is -2.10. The van der Waals surface area contributed by atoms with Gasteiger partial charge in [0.15, 0.2) is 0 Å². The van der Waals surface area contributed by atoms with Gasteiger partial charge in [0.05, 0.1) is 22.7 Å². The number of hydrogen-bond acceptors (Lipinski definition) is 2. The summed E-state index contributed by atoms with van der Waals surface area (Å²) in [5.41, 5.74) is 2.25. The van der Waals surface area contributed by atoms with E-state index in [1.54, 1.807) is 0 Å².